The van der Waals surface area contributed by atoms with Crippen molar-refractivity contribution < 1.29 is 13.5 Å². The highest BCUT2D eigenvalue weighted by Crippen LogP contribution is 2.34. The number of rotatable bonds is 2. The van der Waals surface area contributed by atoms with E-state index in [1.807, 2.05) is 37.3 Å². The number of halogens is 2. The van der Waals surface area contributed by atoms with Crippen LogP contribution in [0.25, 0.3) is 0 Å². The van der Waals surface area contributed by atoms with Crippen LogP contribution in [-0.4, -0.2) is 19.7 Å². The molecule has 0 radical (unpaired) electrons. The van der Waals surface area contributed by atoms with Gasteiger partial charge in [0.15, 0.2) is 11.6 Å². The molecule has 0 aliphatic carbocycles. The Bertz CT molecular complexity index is 734. The summed E-state index contributed by atoms with van der Waals surface area (Å²) in [5.74, 6) is -1.45. The van der Waals surface area contributed by atoms with Crippen molar-refractivity contribution in [2.75, 3.05) is 24.6 Å². The largest absolute Gasteiger partial charge is 0.367 e. The summed E-state index contributed by atoms with van der Waals surface area (Å²) < 4.78 is 34.4. The maximum Gasteiger partial charge on any atom is 0.150 e. The van der Waals surface area contributed by atoms with Crippen molar-refractivity contribution in [3.63, 3.8) is 0 Å². The second kappa shape index (κ2) is 5.98. The van der Waals surface area contributed by atoms with Crippen molar-refractivity contribution in [3.8, 4) is 6.07 Å². The van der Waals surface area contributed by atoms with Crippen LogP contribution in [-0.2, 0) is 10.3 Å². The third kappa shape index (κ3) is 2.90. The second-order valence-electron chi connectivity index (χ2n) is 5.77. The molecule has 0 aromatic heterocycles. The Balaban J connectivity index is 1.95. The van der Waals surface area contributed by atoms with Crippen LogP contribution < -0.4 is 4.90 Å². The first kappa shape index (κ1) is 15.4. The van der Waals surface area contributed by atoms with E-state index in [4.69, 9.17) is 10.00 Å². The SMILES string of the molecule is CC1(c2ccccc2)CN(c2c(F)cc(C#N)cc2F)CCO1. The van der Waals surface area contributed by atoms with Crippen LogP contribution in [0.3, 0.4) is 0 Å². The lowest BCUT2D eigenvalue weighted by Gasteiger charge is -2.42. The third-order valence-electron chi connectivity index (χ3n) is 4.12. The van der Waals surface area contributed by atoms with Gasteiger partial charge in [0, 0.05) is 6.54 Å². The van der Waals surface area contributed by atoms with Gasteiger partial charge >= 0.3 is 0 Å². The first-order valence-electron chi connectivity index (χ1n) is 7.37. The van der Waals surface area contributed by atoms with Gasteiger partial charge in [-0.05, 0) is 24.6 Å². The van der Waals surface area contributed by atoms with Crippen LogP contribution in [0.2, 0.25) is 0 Å². The molecule has 0 spiro atoms. The average molecular weight is 314 g/mol. The van der Waals surface area contributed by atoms with Crippen molar-refractivity contribution in [1.29, 1.82) is 5.26 Å². The standard InChI is InChI=1S/C18H16F2N2O/c1-18(14-5-3-2-4-6-14)12-22(7-8-23-18)17-15(19)9-13(11-21)10-16(17)20/h2-6,9-10H,7-8,12H2,1H3. The van der Waals surface area contributed by atoms with Crippen LogP contribution in [0, 0.1) is 23.0 Å². The number of ether oxygens (including phenoxy) is 1. The number of morpholine rings is 1. The Morgan fingerprint density at radius 3 is 2.43 bits per heavy atom. The molecular formula is C18H16F2N2O. The van der Waals surface area contributed by atoms with Crippen LogP contribution >= 0.6 is 0 Å². The highest BCUT2D eigenvalue weighted by atomic mass is 19.1. The van der Waals surface area contributed by atoms with Crippen molar-refractivity contribution >= 4 is 5.69 Å². The lowest BCUT2D eigenvalue weighted by atomic mass is 9.93. The lowest BCUT2D eigenvalue weighted by Crippen LogP contribution is -2.48. The maximum absolute atomic E-state index is 14.3. The van der Waals surface area contributed by atoms with E-state index in [1.165, 1.54) is 0 Å². The van der Waals surface area contributed by atoms with Gasteiger partial charge in [-0.2, -0.15) is 5.26 Å². The summed E-state index contributed by atoms with van der Waals surface area (Å²) in [5.41, 5.74) is 0.184. The molecule has 0 N–H and O–H groups in total. The predicted octanol–water partition coefficient (Wildman–Crippen LogP) is 3.59. The Morgan fingerprint density at radius 1 is 1.17 bits per heavy atom. The van der Waals surface area contributed by atoms with Crippen molar-refractivity contribution in [2.45, 2.75) is 12.5 Å². The number of benzene rings is 2. The molecule has 23 heavy (non-hydrogen) atoms. The summed E-state index contributed by atoms with van der Waals surface area (Å²) in [6.45, 7) is 3.00. The lowest BCUT2D eigenvalue weighted by molar-refractivity contribution is -0.0468. The molecule has 1 unspecified atom stereocenters. The molecule has 1 saturated heterocycles. The van der Waals surface area contributed by atoms with Gasteiger partial charge in [0.25, 0.3) is 0 Å². The molecule has 1 heterocycles. The van der Waals surface area contributed by atoms with E-state index in [0.29, 0.717) is 19.7 Å². The molecule has 2 aromatic rings. The molecule has 1 aliphatic heterocycles. The number of hydrogen-bond donors (Lipinski definition) is 0. The minimum absolute atomic E-state index is 0.0252. The van der Waals surface area contributed by atoms with Gasteiger partial charge in [-0.3, -0.25) is 0 Å². The topological polar surface area (TPSA) is 36.3 Å². The highest BCUT2D eigenvalue weighted by molar-refractivity contribution is 5.53. The number of nitriles is 1. The Hall–Kier alpha value is -2.45. The van der Waals surface area contributed by atoms with E-state index in [9.17, 15) is 8.78 Å². The number of nitrogens with zero attached hydrogens (tertiary/aromatic N) is 2. The first-order chi connectivity index (χ1) is 11.0. The third-order valence-corrected chi connectivity index (χ3v) is 4.12. The van der Waals surface area contributed by atoms with Gasteiger partial charge in [-0.1, -0.05) is 30.3 Å². The van der Waals surface area contributed by atoms with Gasteiger partial charge in [0.05, 0.1) is 24.8 Å². The molecule has 5 heteroatoms. The van der Waals surface area contributed by atoms with E-state index < -0.39 is 17.2 Å². The minimum Gasteiger partial charge on any atom is -0.367 e. The number of anilines is 1. The summed E-state index contributed by atoms with van der Waals surface area (Å²) in [4.78, 5) is 1.64. The van der Waals surface area contributed by atoms with Crippen LogP contribution in [0.15, 0.2) is 42.5 Å². The molecule has 3 nitrogen and oxygen atoms in total. The van der Waals surface area contributed by atoms with Gasteiger partial charge in [-0.25, -0.2) is 8.78 Å². The summed E-state index contributed by atoms with van der Waals surface area (Å²) in [6.07, 6.45) is 0. The fraction of sp³-hybridized carbons (Fsp3) is 0.278. The van der Waals surface area contributed by atoms with Gasteiger partial charge < -0.3 is 9.64 Å². The zero-order chi connectivity index (χ0) is 16.4. The van der Waals surface area contributed by atoms with E-state index in [1.54, 1.807) is 11.0 Å². The summed E-state index contributed by atoms with van der Waals surface area (Å²) >= 11 is 0. The van der Waals surface area contributed by atoms with E-state index in [2.05, 4.69) is 0 Å². The molecule has 118 valence electrons. The monoisotopic (exact) mass is 314 g/mol. The molecular weight excluding hydrogens is 298 g/mol. The first-order valence-corrected chi connectivity index (χ1v) is 7.37. The van der Waals surface area contributed by atoms with Gasteiger partial charge in [-0.15, -0.1) is 0 Å². The molecule has 3 rings (SSSR count). The van der Waals surface area contributed by atoms with Gasteiger partial charge in [0.1, 0.15) is 11.3 Å². The van der Waals surface area contributed by atoms with Crippen LogP contribution in [0.5, 0.6) is 0 Å². The van der Waals surface area contributed by atoms with E-state index in [-0.39, 0.29) is 11.3 Å². The average Bonchev–Trinajstić information content (AvgIpc) is 2.55. The summed E-state index contributed by atoms with van der Waals surface area (Å²) in [5, 5.41) is 8.80. The smallest absolute Gasteiger partial charge is 0.150 e. The fourth-order valence-electron chi connectivity index (χ4n) is 2.96. The molecule has 0 amide bonds. The minimum atomic E-state index is -0.723. The molecule has 2 aromatic carbocycles. The van der Waals surface area contributed by atoms with Crippen LogP contribution in [0.1, 0.15) is 18.1 Å². The second-order valence-corrected chi connectivity index (χ2v) is 5.77. The van der Waals surface area contributed by atoms with Crippen molar-refractivity contribution in [2.24, 2.45) is 0 Å². The Kier molecular flexibility index (Phi) is 4.01. The molecule has 1 atom stereocenters. The summed E-state index contributed by atoms with van der Waals surface area (Å²) in [7, 11) is 0. The molecule has 0 bridgehead atoms. The predicted molar refractivity (Wildman–Crippen MR) is 83.0 cm³/mol. The maximum atomic E-state index is 14.3. The van der Waals surface area contributed by atoms with Gasteiger partial charge in [0.2, 0.25) is 0 Å². The Morgan fingerprint density at radius 2 is 1.83 bits per heavy atom. The summed E-state index contributed by atoms with van der Waals surface area (Å²) in [6, 6.07) is 13.5. The normalized spacial score (nSPS) is 21.0. The molecule has 1 fully saturated rings. The quantitative estimate of drug-likeness (QED) is 0.850. The Labute approximate surface area is 133 Å². The highest BCUT2D eigenvalue weighted by Gasteiger charge is 2.35. The van der Waals surface area contributed by atoms with E-state index in [0.717, 1.165) is 17.7 Å². The molecule has 0 saturated carbocycles. The fourth-order valence-corrected chi connectivity index (χ4v) is 2.96. The van der Waals surface area contributed by atoms with Crippen molar-refractivity contribution in [1.82, 2.24) is 0 Å². The number of hydrogen-bond acceptors (Lipinski definition) is 3. The van der Waals surface area contributed by atoms with Crippen molar-refractivity contribution in [3.05, 3.63) is 65.2 Å². The van der Waals surface area contributed by atoms with Crippen LogP contribution in [0.4, 0.5) is 14.5 Å². The van der Waals surface area contributed by atoms with E-state index >= 15 is 0 Å². The molecule has 1 aliphatic rings. The zero-order valence-corrected chi connectivity index (χ0v) is 12.7. The zero-order valence-electron chi connectivity index (χ0n) is 12.7.